The van der Waals surface area contributed by atoms with E-state index in [-0.39, 0.29) is 6.04 Å². The normalized spacial score (nSPS) is 16.2. The lowest BCUT2D eigenvalue weighted by Crippen LogP contribution is -2.40. The lowest BCUT2D eigenvalue weighted by atomic mass is 10.0. The molecule has 0 spiro atoms. The zero-order valence-electron chi connectivity index (χ0n) is 23.2. The number of nitrogen functional groups attached to an aromatic ring is 1. The van der Waals surface area contributed by atoms with Gasteiger partial charge in [-0.15, -0.1) is 0 Å². The van der Waals surface area contributed by atoms with Crippen molar-refractivity contribution in [3.05, 3.63) is 72.8 Å². The molecule has 208 valence electrons. The quantitative estimate of drug-likeness (QED) is 0.310. The SMILES string of the molecule is CN(C)C(C)(C)C=C(F)C(=O)N1CCCC1Cn1nc(-c2ccc(Oc3ccccc3)cc2)c2c(N)ncnc21. The predicted molar refractivity (Wildman–Crippen MR) is 153 cm³/mol. The minimum atomic E-state index is -0.749. The van der Waals surface area contributed by atoms with E-state index in [1.54, 1.807) is 9.58 Å². The second-order valence-corrected chi connectivity index (χ2v) is 10.8. The number of rotatable bonds is 8. The highest BCUT2D eigenvalue weighted by atomic mass is 19.1. The molecule has 1 unspecified atom stereocenters. The maximum absolute atomic E-state index is 15.1. The number of nitrogens with zero attached hydrogens (tertiary/aromatic N) is 6. The van der Waals surface area contributed by atoms with Crippen molar-refractivity contribution < 1.29 is 13.9 Å². The Kier molecular flexibility index (Phi) is 7.53. The van der Waals surface area contributed by atoms with Gasteiger partial charge in [-0.2, -0.15) is 5.10 Å². The first-order chi connectivity index (χ1) is 19.1. The number of halogens is 1. The molecule has 1 aliphatic heterocycles. The lowest BCUT2D eigenvalue weighted by Gasteiger charge is -2.30. The zero-order chi connectivity index (χ0) is 28.4. The van der Waals surface area contributed by atoms with Crippen molar-refractivity contribution in [3.8, 4) is 22.8 Å². The molecule has 2 aromatic carbocycles. The van der Waals surface area contributed by atoms with Gasteiger partial charge in [0.05, 0.1) is 18.0 Å². The third-order valence-electron chi connectivity index (χ3n) is 7.52. The zero-order valence-corrected chi connectivity index (χ0v) is 23.2. The fourth-order valence-corrected chi connectivity index (χ4v) is 4.80. The van der Waals surface area contributed by atoms with E-state index in [0.29, 0.717) is 41.4 Å². The summed E-state index contributed by atoms with van der Waals surface area (Å²) in [6.45, 7) is 4.57. The number of ether oxygens (including phenoxy) is 1. The Balaban J connectivity index is 1.42. The predicted octanol–water partition coefficient (Wildman–Crippen LogP) is 5.05. The number of fused-ring (bicyclic) bond motifs is 1. The summed E-state index contributed by atoms with van der Waals surface area (Å²) in [6.07, 6.45) is 4.30. The van der Waals surface area contributed by atoms with E-state index in [2.05, 4.69) is 9.97 Å². The van der Waals surface area contributed by atoms with Crippen LogP contribution in [0.3, 0.4) is 0 Å². The van der Waals surface area contributed by atoms with Gasteiger partial charge in [0.1, 0.15) is 29.3 Å². The molecule has 1 aliphatic rings. The van der Waals surface area contributed by atoms with Gasteiger partial charge >= 0.3 is 0 Å². The number of likely N-dealkylation sites (N-methyl/N-ethyl adjacent to an activating group) is 1. The summed E-state index contributed by atoms with van der Waals surface area (Å²) in [5, 5.41) is 5.49. The number of hydrogen-bond donors (Lipinski definition) is 1. The molecule has 1 amide bonds. The minimum Gasteiger partial charge on any atom is -0.457 e. The third kappa shape index (κ3) is 5.53. The number of nitrogens with two attached hydrogens (primary N) is 1. The molecule has 3 heterocycles. The van der Waals surface area contributed by atoms with Crippen LogP contribution in [0.1, 0.15) is 26.7 Å². The topological polar surface area (TPSA) is 102 Å². The van der Waals surface area contributed by atoms with Crippen LogP contribution in [0.25, 0.3) is 22.3 Å². The van der Waals surface area contributed by atoms with Crippen molar-refractivity contribution >= 4 is 22.8 Å². The molecule has 0 radical (unpaired) electrons. The molecule has 4 aromatic rings. The summed E-state index contributed by atoms with van der Waals surface area (Å²) < 4.78 is 22.8. The molecule has 1 fully saturated rings. The van der Waals surface area contributed by atoms with Gasteiger partial charge in [-0.3, -0.25) is 4.79 Å². The van der Waals surface area contributed by atoms with Gasteiger partial charge < -0.3 is 20.3 Å². The summed E-state index contributed by atoms with van der Waals surface area (Å²) in [7, 11) is 3.70. The smallest absolute Gasteiger partial charge is 0.282 e. The van der Waals surface area contributed by atoms with E-state index in [4.69, 9.17) is 15.6 Å². The van der Waals surface area contributed by atoms with Crippen molar-refractivity contribution in [3.63, 3.8) is 0 Å². The average Bonchev–Trinajstić information content (AvgIpc) is 3.55. The van der Waals surface area contributed by atoms with Gasteiger partial charge in [0, 0.05) is 17.6 Å². The van der Waals surface area contributed by atoms with E-state index in [1.807, 2.05) is 87.4 Å². The molecule has 1 atom stereocenters. The first-order valence-corrected chi connectivity index (χ1v) is 13.3. The van der Waals surface area contributed by atoms with E-state index in [1.165, 1.54) is 12.4 Å². The standard InChI is InChI=1S/C30H34FN7O2/c1-30(2,36(3)4)17-24(31)29(39)37-16-8-9-21(37)18-38-28-25(27(32)33-19-34-28)26(35-38)20-12-14-23(15-13-20)40-22-10-6-5-7-11-22/h5-7,10-15,17,19,21H,8-9,16,18H2,1-4H3,(H2,32,33,34). The molecule has 5 rings (SSSR count). The number of likely N-dealkylation sites (tertiary alicyclic amines) is 1. The van der Waals surface area contributed by atoms with Crippen LogP contribution in [0.4, 0.5) is 10.2 Å². The Hall–Kier alpha value is -4.31. The molecule has 0 bridgehead atoms. The third-order valence-corrected chi connectivity index (χ3v) is 7.52. The Morgan fingerprint density at radius 3 is 2.52 bits per heavy atom. The van der Waals surface area contributed by atoms with E-state index in [0.717, 1.165) is 24.2 Å². The van der Waals surface area contributed by atoms with Gasteiger partial charge in [0.25, 0.3) is 5.91 Å². The molecule has 0 aliphatic carbocycles. The fraction of sp³-hybridized carbons (Fsp3) is 0.333. The van der Waals surface area contributed by atoms with Gasteiger partial charge in [0.2, 0.25) is 0 Å². The highest BCUT2D eigenvalue weighted by molar-refractivity contribution is 5.98. The summed E-state index contributed by atoms with van der Waals surface area (Å²) in [4.78, 5) is 25.3. The number of aromatic nitrogens is 4. The molecular formula is C30H34FN7O2. The van der Waals surface area contributed by atoms with Crippen molar-refractivity contribution in [1.82, 2.24) is 29.5 Å². The van der Waals surface area contributed by atoms with Crippen LogP contribution in [0, 0.1) is 0 Å². The van der Waals surface area contributed by atoms with Crippen LogP contribution >= 0.6 is 0 Å². The van der Waals surface area contributed by atoms with Crippen molar-refractivity contribution in [2.75, 3.05) is 26.4 Å². The lowest BCUT2D eigenvalue weighted by molar-refractivity contribution is -0.129. The summed E-state index contributed by atoms with van der Waals surface area (Å²) in [5.74, 6) is 0.402. The van der Waals surface area contributed by atoms with Crippen molar-refractivity contribution in [2.45, 2.75) is 44.8 Å². The molecule has 2 aromatic heterocycles. The fourth-order valence-electron chi connectivity index (χ4n) is 4.80. The van der Waals surface area contributed by atoms with Gasteiger partial charge in [0.15, 0.2) is 11.5 Å². The van der Waals surface area contributed by atoms with E-state index < -0.39 is 17.3 Å². The van der Waals surface area contributed by atoms with Crippen LogP contribution in [0.15, 0.2) is 72.8 Å². The maximum atomic E-state index is 15.1. The summed E-state index contributed by atoms with van der Waals surface area (Å²) in [5.41, 5.74) is 7.72. The number of carbonyl (C=O) groups is 1. The molecular weight excluding hydrogens is 509 g/mol. The first kappa shape index (κ1) is 27.3. The molecule has 10 heteroatoms. The summed E-state index contributed by atoms with van der Waals surface area (Å²) >= 11 is 0. The molecule has 2 N–H and O–H groups in total. The Labute approximate surface area is 233 Å². The van der Waals surface area contributed by atoms with E-state index in [9.17, 15) is 4.79 Å². The summed E-state index contributed by atoms with van der Waals surface area (Å²) in [6, 6.07) is 16.9. The van der Waals surface area contributed by atoms with Crippen molar-refractivity contribution in [1.29, 1.82) is 0 Å². The van der Waals surface area contributed by atoms with Crippen LogP contribution < -0.4 is 10.5 Å². The highest BCUT2D eigenvalue weighted by Crippen LogP contribution is 2.33. The number of hydrogen-bond acceptors (Lipinski definition) is 7. The molecule has 0 saturated carbocycles. The number of benzene rings is 2. The first-order valence-electron chi connectivity index (χ1n) is 13.3. The average molecular weight is 544 g/mol. The van der Waals surface area contributed by atoms with E-state index >= 15 is 4.39 Å². The number of anilines is 1. The minimum absolute atomic E-state index is 0.233. The Bertz CT molecular complexity index is 1530. The van der Waals surface area contributed by atoms with Crippen molar-refractivity contribution in [2.24, 2.45) is 0 Å². The van der Waals surface area contributed by atoms with Gasteiger partial charge in [-0.25, -0.2) is 19.0 Å². The molecule has 1 saturated heterocycles. The largest absolute Gasteiger partial charge is 0.457 e. The van der Waals surface area contributed by atoms with Crippen LogP contribution in [0.5, 0.6) is 11.5 Å². The maximum Gasteiger partial charge on any atom is 0.282 e. The van der Waals surface area contributed by atoms with Gasteiger partial charge in [-0.1, -0.05) is 18.2 Å². The monoisotopic (exact) mass is 543 g/mol. The number of carbonyl (C=O) groups excluding carboxylic acids is 1. The second-order valence-electron chi connectivity index (χ2n) is 10.8. The van der Waals surface area contributed by atoms with Crippen LogP contribution in [-0.2, 0) is 11.3 Å². The number of para-hydroxylation sites is 1. The highest BCUT2D eigenvalue weighted by Gasteiger charge is 2.33. The van der Waals surface area contributed by atoms with Gasteiger partial charge in [-0.05, 0) is 83.3 Å². The second kappa shape index (κ2) is 11.1. The number of amides is 1. The molecule has 40 heavy (non-hydrogen) atoms. The van der Waals surface area contributed by atoms with Crippen LogP contribution in [0.2, 0.25) is 0 Å². The molecule has 9 nitrogen and oxygen atoms in total. The Morgan fingerprint density at radius 2 is 1.82 bits per heavy atom. The van der Waals surface area contributed by atoms with Crippen LogP contribution in [-0.4, -0.2) is 67.7 Å². The Morgan fingerprint density at radius 1 is 1.12 bits per heavy atom.